The molecule has 59 heavy (non-hydrogen) atoms. The van der Waals surface area contributed by atoms with Gasteiger partial charge in [-0.1, -0.05) is 98.1 Å². The van der Waals surface area contributed by atoms with Gasteiger partial charge in [0.05, 0.1) is 39.1 Å². The number of anilines is 1. The number of carbonyl (C=O) groups excluding carboxylic acids is 1. The van der Waals surface area contributed by atoms with Crippen LogP contribution in [0.4, 0.5) is 5.82 Å². The van der Waals surface area contributed by atoms with E-state index in [2.05, 4.69) is 50.2 Å². The summed E-state index contributed by atoms with van der Waals surface area (Å²) in [7, 11) is 0. The number of nitrogens with one attached hydrogen (secondary N) is 1. The molecule has 9 aromatic rings. The first-order chi connectivity index (χ1) is 29.0. The fourth-order valence-electron chi connectivity index (χ4n) is 8.26. The second kappa shape index (κ2) is 15.1. The average Bonchev–Trinajstić information content (AvgIpc) is 3.68. The topological polar surface area (TPSA) is 136 Å². The Kier molecular flexibility index (Phi) is 9.14. The summed E-state index contributed by atoms with van der Waals surface area (Å²) >= 11 is 0. The number of carboxylic acid groups (broad SMARTS) is 1. The van der Waals surface area contributed by atoms with Gasteiger partial charge in [-0.25, -0.2) is 24.7 Å². The van der Waals surface area contributed by atoms with E-state index < -0.39 is 11.9 Å². The molecule has 0 saturated heterocycles. The predicted molar refractivity (Wildman–Crippen MR) is 231 cm³/mol. The maximum Gasteiger partial charge on any atom is 0.358 e. The molecule has 5 aromatic carbocycles. The number of benzene rings is 5. The maximum absolute atomic E-state index is 14.1. The average molecular weight is 772 g/mol. The number of aromatic nitrogens is 6. The lowest BCUT2D eigenvalue weighted by molar-refractivity contribution is 0.0691. The lowest BCUT2D eigenvalue weighted by Crippen LogP contribution is -2.18. The van der Waals surface area contributed by atoms with E-state index in [-0.39, 0.29) is 17.6 Å². The van der Waals surface area contributed by atoms with Crippen LogP contribution in [0.15, 0.2) is 146 Å². The molecule has 4 aromatic heterocycles. The lowest BCUT2D eigenvalue weighted by atomic mass is 9.94. The Morgan fingerprint density at radius 3 is 2.10 bits per heavy atom. The monoisotopic (exact) mass is 771 g/mol. The Balaban J connectivity index is 1.04. The van der Waals surface area contributed by atoms with E-state index in [1.54, 1.807) is 18.3 Å². The highest BCUT2D eigenvalue weighted by Gasteiger charge is 2.26. The minimum absolute atomic E-state index is 0.155. The molecule has 10 nitrogen and oxygen atoms in total. The summed E-state index contributed by atoms with van der Waals surface area (Å²) in [6, 6.07) is 45.1. The highest BCUT2D eigenvalue weighted by molar-refractivity contribution is 6.08. The van der Waals surface area contributed by atoms with E-state index in [1.807, 2.05) is 97.1 Å². The van der Waals surface area contributed by atoms with Gasteiger partial charge in [-0.15, -0.1) is 0 Å². The SMILES string of the molecule is O=C(Nc1nc(-c2ccc3ncccc3c2)c(-c2ccccc2)nc1C(=O)O)c1ccc2c(c1)nc(-c1ccc3nc(-c4ccccc4)ccc3c1)n2C1CCCCC1. The van der Waals surface area contributed by atoms with Crippen LogP contribution >= 0.6 is 0 Å². The van der Waals surface area contributed by atoms with Gasteiger partial charge in [-0.05, 0) is 73.5 Å². The second-order valence-electron chi connectivity index (χ2n) is 14.9. The van der Waals surface area contributed by atoms with Gasteiger partial charge in [-0.3, -0.25) is 9.78 Å². The molecular formula is C49H37N7O3. The fourth-order valence-corrected chi connectivity index (χ4v) is 8.26. The van der Waals surface area contributed by atoms with Crippen molar-refractivity contribution >= 4 is 50.5 Å². The fraction of sp³-hybridized carbons (Fsp3) is 0.122. The summed E-state index contributed by atoms with van der Waals surface area (Å²) in [5, 5.41) is 15.1. The van der Waals surface area contributed by atoms with Gasteiger partial charge in [-0.2, -0.15) is 0 Å². The van der Waals surface area contributed by atoms with Crippen molar-refractivity contribution in [3.63, 3.8) is 0 Å². The number of aromatic carboxylic acids is 1. The minimum atomic E-state index is -1.31. The van der Waals surface area contributed by atoms with Gasteiger partial charge in [0.15, 0.2) is 11.5 Å². The van der Waals surface area contributed by atoms with Crippen molar-refractivity contribution in [2.45, 2.75) is 38.1 Å². The third-order valence-corrected chi connectivity index (χ3v) is 11.2. The number of amides is 1. The number of nitrogens with zero attached hydrogens (tertiary/aromatic N) is 6. The highest BCUT2D eigenvalue weighted by atomic mass is 16.4. The molecule has 10 heteroatoms. The van der Waals surface area contributed by atoms with Crippen LogP contribution in [0.25, 0.3) is 78.0 Å². The standard InChI is InChI=1S/C49H37N7O3/c57-48(55-46-45(49(58)59)53-43(31-13-6-2-7-14-31)44(54-46)34-19-22-38-32(27-34)15-10-26-50-38)36-21-25-42-41(29-36)52-47(56(42)37-16-8-3-9-17-37)35-20-24-40-33(28-35)18-23-39(51-40)30-11-4-1-5-12-30/h1-2,4-7,10-15,18-29,37H,3,8-9,16-17H2,(H,58,59)(H,54,55,57). The molecule has 0 radical (unpaired) electrons. The van der Waals surface area contributed by atoms with Crippen LogP contribution in [0.5, 0.6) is 0 Å². The van der Waals surface area contributed by atoms with Gasteiger partial charge in [0.1, 0.15) is 5.82 Å². The van der Waals surface area contributed by atoms with E-state index in [0.717, 1.165) is 75.7 Å². The Bertz CT molecular complexity index is 3070. The Morgan fingerprint density at radius 1 is 0.593 bits per heavy atom. The zero-order valence-corrected chi connectivity index (χ0v) is 31.9. The van der Waals surface area contributed by atoms with Gasteiger partial charge in [0.25, 0.3) is 5.91 Å². The van der Waals surface area contributed by atoms with E-state index in [1.165, 1.54) is 6.42 Å². The van der Waals surface area contributed by atoms with Crippen LogP contribution in [-0.4, -0.2) is 46.5 Å². The molecule has 1 fully saturated rings. The summed E-state index contributed by atoms with van der Waals surface area (Å²) in [6.07, 6.45) is 7.31. The summed E-state index contributed by atoms with van der Waals surface area (Å²) < 4.78 is 2.34. The van der Waals surface area contributed by atoms with Crippen molar-refractivity contribution in [1.82, 2.24) is 29.5 Å². The summed E-state index contributed by atoms with van der Waals surface area (Å²) in [5.41, 5.74) is 8.42. The van der Waals surface area contributed by atoms with Crippen molar-refractivity contribution in [3.05, 3.63) is 157 Å². The molecule has 0 aliphatic heterocycles. The third kappa shape index (κ3) is 6.84. The molecule has 1 saturated carbocycles. The summed E-state index contributed by atoms with van der Waals surface area (Å²) in [6.45, 7) is 0. The molecule has 0 spiro atoms. The van der Waals surface area contributed by atoms with Crippen molar-refractivity contribution in [1.29, 1.82) is 0 Å². The number of hydrogen-bond donors (Lipinski definition) is 2. The Morgan fingerprint density at radius 2 is 1.31 bits per heavy atom. The van der Waals surface area contributed by atoms with Crippen molar-refractivity contribution in [3.8, 4) is 45.2 Å². The van der Waals surface area contributed by atoms with Crippen LogP contribution in [0.2, 0.25) is 0 Å². The third-order valence-electron chi connectivity index (χ3n) is 11.2. The van der Waals surface area contributed by atoms with Gasteiger partial charge < -0.3 is 15.0 Å². The van der Waals surface area contributed by atoms with Gasteiger partial charge in [0, 0.05) is 50.8 Å². The smallest absolute Gasteiger partial charge is 0.358 e. The number of carboxylic acids is 1. The number of pyridine rings is 2. The van der Waals surface area contributed by atoms with Crippen LogP contribution < -0.4 is 5.32 Å². The van der Waals surface area contributed by atoms with E-state index in [9.17, 15) is 14.7 Å². The first kappa shape index (κ1) is 35.8. The molecular weight excluding hydrogens is 735 g/mol. The van der Waals surface area contributed by atoms with Gasteiger partial charge >= 0.3 is 5.97 Å². The molecule has 0 bridgehead atoms. The number of fused-ring (bicyclic) bond motifs is 3. The molecule has 286 valence electrons. The number of rotatable bonds is 8. The van der Waals surface area contributed by atoms with Crippen molar-refractivity contribution in [2.24, 2.45) is 0 Å². The molecule has 10 rings (SSSR count). The van der Waals surface area contributed by atoms with Crippen LogP contribution in [-0.2, 0) is 0 Å². The van der Waals surface area contributed by atoms with Crippen molar-refractivity contribution < 1.29 is 14.7 Å². The largest absolute Gasteiger partial charge is 0.476 e. The molecule has 0 atom stereocenters. The maximum atomic E-state index is 14.1. The number of imidazole rings is 1. The first-order valence-electron chi connectivity index (χ1n) is 19.8. The number of hydrogen-bond acceptors (Lipinski definition) is 7. The van der Waals surface area contributed by atoms with Crippen LogP contribution in [0.1, 0.15) is 59.0 Å². The van der Waals surface area contributed by atoms with Crippen molar-refractivity contribution in [2.75, 3.05) is 5.32 Å². The minimum Gasteiger partial charge on any atom is -0.476 e. The molecule has 0 unspecified atom stereocenters. The summed E-state index contributed by atoms with van der Waals surface area (Å²) in [4.78, 5) is 50.9. The molecule has 1 aliphatic carbocycles. The Labute approximate surface area is 339 Å². The van der Waals surface area contributed by atoms with E-state index >= 15 is 0 Å². The second-order valence-corrected chi connectivity index (χ2v) is 14.9. The van der Waals surface area contributed by atoms with Crippen LogP contribution in [0, 0.1) is 0 Å². The molecule has 1 amide bonds. The lowest BCUT2D eigenvalue weighted by Gasteiger charge is -2.25. The van der Waals surface area contributed by atoms with E-state index in [4.69, 9.17) is 15.0 Å². The quantitative estimate of drug-likeness (QED) is 0.156. The molecule has 1 aliphatic rings. The normalized spacial score (nSPS) is 13.2. The summed E-state index contributed by atoms with van der Waals surface area (Å²) in [5.74, 6) is -1.15. The first-order valence-corrected chi connectivity index (χ1v) is 19.8. The zero-order chi connectivity index (χ0) is 39.9. The van der Waals surface area contributed by atoms with E-state index in [0.29, 0.717) is 33.6 Å². The van der Waals surface area contributed by atoms with Crippen LogP contribution in [0.3, 0.4) is 0 Å². The van der Waals surface area contributed by atoms with Gasteiger partial charge in [0.2, 0.25) is 0 Å². The highest BCUT2D eigenvalue weighted by Crippen LogP contribution is 2.38. The number of carbonyl (C=O) groups is 2. The Hall–Kier alpha value is -7.59. The molecule has 4 heterocycles. The predicted octanol–water partition coefficient (Wildman–Crippen LogP) is 11.0. The molecule has 2 N–H and O–H groups in total. The zero-order valence-electron chi connectivity index (χ0n) is 31.9.